The molecule has 1 heterocycles. The van der Waals surface area contributed by atoms with E-state index < -0.39 is 0 Å². The van der Waals surface area contributed by atoms with Crippen LogP contribution in [0.2, 0.25) is 0 Å². The molecule has 1 aromatic carbocycles. The van der Waals surface area contributed by atoms with Crippen molar-refractivity contribution >= 4 is 5.96 Å². The molecular weight excluding hydrogens is 318 g/mol. The van der Waals surface area contributed by atoms with Gasteiger partial charge in [-0.15, -0.1) is 0 Å². The van der Waals surface area contributed by atoms with E-state index in [0.717, 1.165) is 57.5 Å². The van der Waals surface area contributed by atoms with Crippen LogP contribution in [0.1, 0.15) is 25.3 Å². The van der Waals surface area contributed by atoms with Crippen LogP contribution in [0.4, 0.5) is 0 Å². The summed E-state index contributed by atoms with van der Waals surface area (Å²) in [4.78, 5) is 4.56. The van der Waals surface area contributed by atoms with Crippen molar-refractivity contribution in [3.05, 3.63) is 29.8 Å². The fraction of sp³-hybridized carbons (Fsp3) is 0.632. The monoisotopic (exact) mass is 349 g/mol. The zero-order chi connectivity index (χ0) is 17.7. The van der Waals surface area contributed by atoms with E-state index in [1.54, 1.807) is 0 Å². The molecule has 0 amide bonds. The van der Waals surface area contributed by atoms with Gasteiger partial charge in [0.2, 0.25) is 0 Å². The minimum atomic E-state index is 0.272. The Kier molecular flexibility index (Phi) is 9.15. The third-order valence-corrected chi connectivity index (χ3v) is 3.84. The average Bonchev–Trinajstić information content (AvgIpc) is 3.13. The molecule has 1 aliphatic rings. The molecule has 6 heteroatoms. The van der Waals surface area contributed by atoms with E-state index >= 15 is 0 Å². The number of rotatable bonds is 10. The molecule has 140 valence electrons. The van der Waals surface area contributed by atoms with Gasteiger partial charge in [0.05, 0.1) is 19.3 Å². The molecule has 1 atom stereocenters. The Hall–Kier alpha value is -1.79. The van der Waals surface area contributed by atoms with Crippen LogP contribution < -0.4 is 15.4 Å². The predicted octanol–water partition coefficient (Wildman–Crippen LogP) is 2.12. The number of nitrogens with one attached hydrogen (secondary N) is 2. The summed E-state index contributed by atoms with van der Waals surface area (Å²) in [7, 11) is 0. The lowest BCUT2D eigenvalue weighted by Gasteiger charge is -2.12. The first-order valence-corrected chi connectivity index (χ1v) is 9.19. The van der Waals surface area contributed by atoms with Gasteiger partial charge in [-0.05, 0) is 38.8 Å². The van der Waals surface area contributed by atoms with E-state index in [1.807, 2.05) is 24.3 Å². The van der Waals surface area contributed by atoms with Crippen molar-refractivity contribution < 1.29 is 14.2 Å². The number of hydrogen-bond acceptors (Lipinski definition) is 4. The van der Waals surface area contributed by atoms with Crippen molar-refractivity contribution in [3.8, 4) is 5.75 Å². The molecule has 1 saturated heterocycles. The maximum Gasteiger partial charge on any atom is 0.191 e. The van der Waals surface area contributed by atoms with E-state index in [0.29, 0.717) is 13.2 Å². The number of guanidine groups is 1. The van der Waals surface area contributed by atoms with Gasteiger partial charge in [-0.3, -0.25) is 4.99 Å². The van der Waals surface area contributed by atoms with Crippen molar-refractivity contribution in [3.63, 3.8) is 0 Å². The second-order valence-electron chi connectivity index (χ2n) is 6.06. The lowest BCUT2D eigenvalue weighted by Crippen LogP contribution is -2.39. The van der Waals surface area contributed by atoms with Crippen LogP contribution >= 0.6 is 0 Å². The van der Waals surface area contributed by atoms with Gasteiger partial charge in [-0.25, -0.2) is 0 Å². The summed E-state index contributed by atoms with van der Waals surface area (Å²) in [6.07, 6.45) is 2.19. The zero-order valence-electron chi connectivity index (χ0n) is 15.4. The minimum absolute atomic E-state index is 0.272. The van der Waals surface area contributed by atoms with Gasteiger partial charge in [-0.2, -0.15) is 0 Å². The summed E-state index contributed by atoms with van der Waals surface area (Å²) in [6.45, 7) is 9.28. The molecule has 1 aliphatic heterocycles. The molecule has 0 aromatic heterocycles. The van der Waals surface area contributed by atoms with Gasteiger partial charge in [0.15, 0.2) is 5.96 Å². The van der Waals surface area contributed by atoms with Crippen molar-refractivity contribution in [2.75, 3.05) is 46.1 Å². The Labute approximate surface area is 151 Å². The predicted molar refractivity (Wildman–Crippen MR) is 100 cm³/mol. The third kappa shape index (κ3) is 8.23. The fourth-order valence-corrected chi connectivity index (χ4v) is 2.46. The van der Waals surface area contributed by atoms with Crippen LogP contribution in [0.3, 0.4) is 0 Å². The fourth-order valence-electron chi connectivity index (χ4n) is 2.46. The van der Waals surface area contributed by atoms with E-state index in [2.05, 4.69) is 29.5 Å². The maximum absolute atomic E-state index is 5.75. The quantitative estimate of drug-likeness (QED) is 0.385. The highest BCUT2D eigenvalue weighted by Crippen LogP contribution is 2.10. The first-order chi connectivity index (χ1) is 12.3. The standard InChI is InChI=1S/C19H31N3O3/c1-3-20-19(21-10-4-12-24-18-9-13-23-15-18)22-11-14-25-17-7-5-16(2)6-8-17/h5-8,18H,3-4,9-15H2,1-2H3,(H2,20,21,22). The summed E-state index contributed by atoms with van der Waals surface area (Å²) in [5.74, 6) is 1.71. The van der Waals surface area contributed by atoms with Crippen LogP contribution in [0.25, 0.3) is 0 Å². The Morgan fingerprint density at radius 1 is 1.24 bits per heavy atom. The number of aliphatic imine (C=N–C) groups is 1. The minimum Gasteiger partial charge on any atom is -0.492 e. The molecule has 1 unspecified atom stereocenters. The van der Waals surface area contributed by atoms with Crippen molar-refractivity contribution in [2.24, 2.45) is 4.99 Å². The Bertz CT molecular complexity index is 499. The first-order valence-electron chi connectivity index (χ1n) is 9.19. The molecular formula is C19H31N3O3. The molecule has 1 aromatic rings. The Balaban J connectivity index is 1.58. The second-order valence-corrected chi connectivity index (χ2v) is 6.06. The smallest absolute Gasteiger partial charge is 0.191 e. The van der Waals surface area contributed by atoms with Gasteiger partial charge >= 0.3 is 0 Å². The number of hydrogen-bond donors (Lipinski definition) is 2. The molecule has 6 nitrogen and oxygen atoms in total. The van der Waals surface area contributed by atoms with Crippen LogP contribution in [0.5, 0.6) is 5.75 Å². The van der Waals surface area contributed by atoms with Crippen LogP contribution in [0.15, 0.2) is 29.3 Å². The number of nitrogens with zero attached hydrogens (tertiary/aromatic N) is 1. The lowest BCUT2D eigenvalue weighted by atomic mass is 10.2. The molecule has 0 saturated carbocycles. The largest absolute Gasteiger partial charge is 0.492 e. The highest BCUT2D eigenvalue weighted by atomic mass is 16.5. The zero-order valence-corrected chi connectivity index (χ0v) is 15.4. The molecule has 0 spiro atoms. The number of ether oxygens (including phenoxy) is 3. The summed E-state index contributed by atoms with van der Waals surface area (Å²) in [6, 6.07) is 8.08. The summed E-state index contributed by atoms with van der Waals surface area (Å²) >= 11 is 0. The van der Waals surface area contributed by atoms with E-state index in [9.17, 15) is 0 Å². The molecule has 0 bridgehead atoms. The van der Waals surface area contributed by atoms with Crippen molar-refractivity contribution in [1.29, 1.82) is 0 Å². The van der Waals surface area contributed by atoms with Crippen LogP contribution in [0, 0.1) is 6.92 Å². The second kappa shape index (κ2) is 11.7. The number of benzene rings is 1. The summed E-state index contributed by atoms with van der Waals surface area (Å²) in [5, 5.41) is 6.53. The highest BCUT2D eigenvalue weighted by Gasteiger charge is 2.15. The van der Waals surface area contributed by atoms with Crippen LogP contribution in [-0.4, -0.2) is 58.1 Å². The Morgan fingerprint density at radius 2 is 2.08 bits per heavy atom. The topological polar surface area (TPSA) is 64.1 Å². The lowest BCUT2D eigenvalue weighted by molar-refractivity contribution is 0.0424. The maximum atomic E-state index is 5.75. The molecule has 0 aliphatic carbocycles. The van der Waals surface area contributed by atoms with Crippen LogP contribution in [-0.2, 0) is 9.47 Å². The number of aryl methyl sites for hydroxylation is 1. The normalized spacial score (nSPS) is 17.5. The van der Waals surface area contributed by atoms with E-state index in [-0.39, 0.29) is 6.10 Å². The van der Waals surface area contributed by atoms with E-state index in [1.165, 1.54) is 5.56 Å². The summed E-state index contributed by atoms with van der Waals surface area (Å²) < 4.78 is 16.8. The highest BCUT2D eigenvalue weighted by molar-refractivity contribution is 5.79. The average molecular weight is 349 g/mol. The van der Waals surface area contributed by atoms with Gasteiger partial charge < -0.3 is 24.8 Å². The van der Waals surface area contributed by atoms with Gasteiger partial charge in [0.1, 0.15) is 12.4 Å². The first kappa shape index (κ1) is 19.5. The van der Waals surface area contributed by atoms with Crippen molar-refractivity contribution in [2.45, 2.75) is 32.8 Å². The van der Waals surface area contributed by atoms with E-state index in [4.69, 9.17) is 14.2 Å². The SMILES string of the molecule is CCNC(=NCCCOC1CCOC1)NCCOc1ccc(C)cc1. The van der Waals surface area contributed by atoms with Crippen molar-refractivity contribution in [1.82, 2.24) is 10.6 Å². The molecule has 25 heavy (non-hydrogen) atoms. The molecule has 2 rings (SSSR count). The molecule has 1 fully saturated rings. The molecule has 2 N–H and O–H groups in total. The Morgan fingerprint density at radius 3 is 2.80 bits per heavy atom. The van der Waals surface area contributed by atoms with Gasteiger partial charge in [0, 0.05) is 26.3 Å². The molecule has 0 radical (unpaired) electrons. The summed E-state index contributed by atoms with van der Waals surface area (Å²) in [5.41, 5.74) is 1.23. The third-order valence-electron chi connectivity index (χ3n) is 3.84. The van der Waals surface area contributed by atoms with Gasteiger partial charge in [0.25, 0.3) is 0 Å². The van der Waals surface area contributed by atoms with Gasteiger partial charge in [-0.1, -0.05) is 17.7 Å².